The number of carbonyl (C=O) groups excluding carboxylic acids is 2. The highest BCUT2D eigenvalue weighted by molar-refractivity contribution is 5.94. The van der Waals surface area contributed by atoms with E-state index in [0.717, 1.165) is 36.9 Å². The zero-order valence-electron chi connectivity index (χ0n) is 19.7. The number of benzene rings is 1. The Labute approximate surface area is 192 Å². The van der Waals surface area contributed by atoms with Gasteiger partial charge in [-0.3, -0.25) is 9.59 Å². The zero-order chi connectivity index (χ0) is 22.9. The Hall–Kier alpha value is -2.82. The molecule has 3 rings (SSSR count). The Morgan fingerprint density at radius 2 is 1.78 bits per heavy atom. The molecule has 0 atom stereocenters. The molecule has 1 heterocycles. The van der Waals surface area contributed by atoms with Crippen molar-refractivity contribution in [3.05, 3.63) is 66.0 Å². The third-order valence-electron chi connectivity index (χ3n) is 6.16. The summed E-state index contributed by atoms with van der Waals surface area (Å²) in [4.78, 5) is 30.4. The highest BCUT2D eigenvalue weighted by Gasteiger charge is 2.28. The fraction of sp³-hybridized carbons (Fsp3) is 0.481. The Morgan fingerprint density at radius 3 is 2.41 bits per heavy atom. The van der Waals surface area contributed by atoms with Gasteiger partial charge in [0.2, 0.25) is 11.8 Å². The van der Waals surface area contributed by atoms with Crippen LogP contribution in [0.15, 0.2) is 54.7 Å². The van der Waals surface area contributed by atoms with Gasteiger partial charge in [0, 0.05) is 37.6 Å². The van der Waals surface area contributed by atoms with E-state index in [-0.39, 0.29) is 24.4 Å². The Balaban J connectivity index is 1.76. The van der Waals surface area contributed by atoms with E-state index in [4.69, 9.17) is 0 Å². The molecule has 0 saturated heterocycles. The van der Waals surface area contributed by atoms with Crippen LogP contribution in [0, 0.1) is 5.92 Å². The summed E-state index contributed by atoms with van der Waals surface area (Å²) in [5.41, 5.74) is 2.08. The summed E-state index contributed by atoms with van der Waals surface area (Å²) in [6, 6.07) is 14.0. The third-order valence-corrected chi connectivity index (χ3v) is 6.16. The summed E-state index contributed by atoms with van der Waals surface area (Å²) >= 11 is 0. The van der Waals surface area contributed by atoms with Crippen molar-refractivity contribution in [1.82, 2.24) is 14.4 Å². The van der Waals surface area contributed by atoms with E-state index in [1.165, 1.54) is 6.42 Å². The van der Waals surface area contributed by atoms with E-state index in [1.807, 2.05) is 76.2 Å². The van der Waals surface area contributed by atoms with Crippen LogP contribution in [0.1, 0.15) is 57.2 Å². The maximum Gasteiger partial charge on any atom is 0.247 e. The van der Waals surface area contributed by atoms with Gasteiger partial charge >= 0.3 is 0 Å². The molecule has 1 aliphatic carbocycles. The van der Waals surface area contributed by atoms with Crippen molar-refractivity contribution in [1.29, 1.82) is 0 Å². The lowest BCUT2D eigenvalue weighted by Crippen LogP contribution is -2.48. The molecule has 172 valence electrons. The molecule has 0 N–H and O–H groups in total. The van der Waals surface area contributed by atoms with Crippen LogP contribution in [0.3, 0.4) is 0 Å². The van der Waals surface area contributed by atoms with Gasteiger partial charge in [-0.05, 0) is 42.5 Å². The summed E-state index contributed by atoms with van der Waals surface area (Å²) in [7, 11) is 2.00. The number of nitrogens with zero attached hydrogens (tertiary/aromatic N) is 3. The minimum atomic E-state index is -0.0718. The molecule has 0 aliphatic heterocycles. The lowest BCUT2D eigenvalue weighted by atomic mass is 9.94. The molecule has 1 fully saturated rings. The largest absolute Gasteiger partial charge is 0.353 e. The van der Waals surface area contributed by atoms with Crippen LogP contribution in [0.4, 0.5) is 0 Å². The standard InChI is InChI=1S/C27H37N3O2/c1-22(2)19-29(20-25-15-10-18-28(25)3)27(32)21-30(24-13-8-5-9-14-24)26(31)17-16-23-11-6-4-7-12-23/h4,6-7,10-12,15-18,22,24H,5,8-9,13-14,19-21H2,1-3H3/b17-16+. The Morgan fingerprint density at radius 1 is 1.06 bits per heavy atom. The number of aromatic nitrogens is 1. The number of hydrogen-bond acceptors (Lipinski definition) is 2. The summed E-state index contributed by atoms with van der Waals surface area (Å²) in [6.07, 6.45) is 10.9. The average molecular weight is 436 g/mol. The fourth-order valence-corrected chi connectivity index (χ4v) is 4.40. The molecule has 5 nitrogen and oxygen atoms in total. The Kier molecular flexibility index (Phi) is 8.72. The molecule has 0 spiro atoms. The molecule has 32 heavy (non-hydrogen) atoms. The molecular formula is C27H37N3O2. The number of rotatable bonds is 9. The number of amides is 2. The maximum atomic E-state index is 13.4. The lowest BCUT2D eigenvalue weighted by molar-refractivity contribution is -0.141. The molecule has 1 aliphatic rings. The molecule has 1 saturated carbocycles. The average Bonchev–Trinajstić information content (AvgIpc) is 3.20. The van der Waals surface area contributed by atoms with E-state index < -0.39 is 0 Å². The van der Waals surface area contributed by atoms with E-state index >= 15 is 0 Å². The Bertz CT molecular complexity index is 895. The second kappa shape index (κ2) is 11.7. The summed E-state index contributed by atoms with van der Waals surface area (Å²) < 4.78 is 2.05. The summed E-state index contributed by atoms with van der Waals surface area (Å²) in [5.74, 6) is 0.306. The first-order valence-corrected chi connectivity index (χ1v) is 11.9. The van der Waals surface area contributed by atoms with E-state index in [0.29, 0.717) is 19.0 Å². The number of hydrogen-bond donors (Lipinski definition) is 0. The van der Waals surface area contributed by atoms with Gasteiger partial charge in [0.15, 0.2) is 0 Å². The van der Waals surface area contributed by atoms with E-state index in [9.17, 15) is 9.59 Å². The molecule has 2 aromatic rings. The smallest absolute Gasteiger partial charge is 0.247 e. The first-order valence-electron chi connectivity index (χ1n) is 11.9. The number of aryl methyl sites for hydroxylation is 1. The normalized spacial score (nSPS) is 14.8. The van der Waals surface area contributed by atoms with Crippen molar-refractivity contribution in [3.63, 3.8) is 0 Å². The van der Waals surface area contributed by atoms with Crippen LogP contribution >= 0.6 is 0 Å². The van der Waals surface area contributed by atoms with Crippen molar-refractivity contribution >= 4 is 17.9 Å². The minimum absolute atomic E-state index is 0.0203. The quantitative estimate of drug-likeness (QED) is 0.527. The van der Waals surface area contributed by atoms with Crippen molar-refractivity contribution in [2.45, 2.75) is 58.5 Å². The lowest BCUT2D eigenvalue weighted by Gasteiger charge is -2.35. The van der Waals surface area contributed by atoms with Crippen molar-refractivity contribution in [2.24, 2.45) is 13.0 Å². The first kappa shape index (κ1) is 23.8. The molecule has 0 bridgehead atoms. The molecule has 0 radical (unpaired) electrons. The van der Waals surface area contributed by atoms with Gasteiger partial charge < -0.3 is 14.4 Å². The molecule has 2 amide bonds. The SMILES string of the molecule is CC(C)CN(Cc1cccn1C)C(=O)CN(C(=O)/C=C/c1ccccc1)C1CCCCC1. The third kappa shape index (κ3) is 6.84. The fourth-order valence-electron chi connectivity index (χ4n) is 4.40. The monoisotopic (exact) mass is 435 g/mol. The molecule has 5 heteroatoms. The predicted molar refractivity (Wildman–Crippen MR) is 130 cm³/mol. The van der Waals surface area contributed by atoms with Gasteiger partial charge in [0.05, 0.1) is 6.54 Å². The van der Waals surface area contributed by atoms with Crippen LogP contribution in [-0.2, 0) is 23.2 Å². The van der Waals surface area contributed by atoms with Gasteiger partial charge in [0.25, 0.3) is 0 Å². The maximum absolute atomic E-state index is 13.4. The van der Waals surface area contributed by atoms with Crippen molar-refractivity contribution in [2.75, 3.05) is 13.1 Å². The number of carbonyl (C=O) groups is 2. The van der Waals surface area contributed by atoms with Crippen LogP contribution in [0.2, 0.25) is 0 Å². The van der Waals surface area contributed by atoms with Gasteiger partial charge in [0.1, 0.15) is 6.54 Å². The van der Waals surface area contributed by atoms with E-state index in [2.05, 4.69) is 13.8 Å². The summed E-state index contributed by atoms with van der Waals surface area (Å²) in [5, 5.41) is 0. The zero-order valence-corrected chi connectivity index (χ0v) is 19.7. The molecule has 0 unspecified atom stereocenters. The minimum Gasteiger partial charge on any atom is -0.353 e. The van der Waals surface area contributed by atoms with Crippen molar-refractivity contribution < 1.29 is 9.59 Å². The molecule has 1 aromatic carbocycles. The second-order valence-corrected chi connectivity index (χ2v) is 9.28. The van der Waals surface area contributed by atoms with Crippen LogP contribution < -0.4 is 0 Å². The van der Waals surface area contributed by atoms with Crippen LogP contribution in [0.5, 0.6) is 0 Å². The summed E-state index contributed by atoms with van der Waals surface area (Å²) in [6.45, 7) is 5.62. The topological polar surface area (TPSA) is 45.6 Å². The van der Waals surface area contributed by atoms with Crippen LogP contribution in [-0.4, -0.2) is 45.3 Å². The van der Waals surface area contributed by atoms with Gasteiger partial charge in [-0.15, -0.1) is 0 Å². The highest BCUT2D eigenvalue weighted by atomic mass is 16.2. The highest BCUT2D eigenvalue weighted by Crippen LogP contribution is 2.23. The van der Waals surface area contributed by atoms with Gasteiger partial charge in [-0.2, -0.15) is 0 Å². The van der Waals surface area contributed by atoms with E-state index in [1.54, 1.807) is 6.08 Å². The van der Waals surface area contributed by atoms with Gasteiger partial charge in [-0.1, -0.05) is 63.4 Å². The van der Waals surface area contributed by atoms with Crippen molar-refractivity contribution in [3.8, 4) is 0 Å². The molecule has 1 aromatic heterocycles. The first-order chi connectivity index (χ1) is 15.4. The second-order valence-electron chi connectivity index (χ2n) is 9.28. The van der Waals surface area contributed by atoms with Gasteiger partial charge in [-0.25, -0.2) is 0 Å². The van der Waals surface area contributed by atoms with Crippen LogP contribution in [0.25, 0.3) is 6.08 Å². The molecular weight excluding hydrogens is 398 g/mol. The predicted octanol–water partition coefficient (Wildman–Crippen LogP) is 4.88.